The van der Waals surface area contributed by atoms with Gasteiger partial charge in [0, 0.05) is 27.6 Å². The van der Waals surface area contributed by atoms with Crippen molar-refractivity contribution in [2.75, 3.05) is 5.32 Å². The zero-order valence-corrected chi connectivity index (χ0v) is 17.5. The molecule has 28 heavy (non-hydrogen) atoms. The molecule has 1 aliphatic rings. The molecule has 0 saturated heterocycles. The molecule has 1 aromatic heterocycles. The Morgan fingerprint density at radius 1 is 1.11 bits per heavy atom. The maximum Gasteiger partial charge on any atom is 0.225 e. The monoisotopic (exact) mass is 431 g/mol. The number of halogens is 1. The van der Waals surface area contributed by atoms with E-state index < -0.39 is 9.84 Å². The third kappa shape index (κ3) is 3.36. The molecule has 1 aliphatic heterocycles. The highest BCUT2D eigenvalue weighted by molar-refractivity contribution is 7.91. The summed E-state index contributed by atoms with van der Waals surface area (Å²) in [7, 11) is -3.76. The average Bonchev–Trinajstić information content (AvgIpc) is 3.12. The molecule has 0 radical (unpaired) electrons. The van der Waals surface area contributed by atoms with Crippen molar-refractivity contribution in [3.8, 4) is 0 Å². The maximum atomic E-state index is 13.1. The van der Waals surface area contributed by atoms with Crippen molar-refractivity contribution < 1.29 is 13.2 Å². The first kappa shape index (κ1) is 19.2. The molecule has 4 rings (SSSR count). The van der Waals surface area contributed by atoms with Crippen molar-refractivity contribution in [3.63, 3.8) is 0 Å². The van der Waals surface area contributed by atoms with Crippen LogP contribution in [0.2, 0.25) is 5.02 Å². The molecule has 1 amide bonds. The third-order valence-electron chi connectivity index (χ3n) is 4.96. The molecular weight excluding hydrogens is 414 g/mol. The highest BCUT2D eigenvalue weighted by atomic mass is 35.5. The van der Waals surface area contributed by atoms with Crippen molar-refractivity contribution in [2.24, 2.45) is 0 Å². The topological polar surface area (TPSA) is 63.2 Å². The fourth-order valence-electron chi connectivity index (χ4n) is 3.40. The normalized spacial score (nSPS) is 16.5. The van der Waals surface area contributed by atoms with Gasteiger partial charge in [0.05, 0.1) is 10.6 Å². The molecule has 144 valence electrons. The SMILES string of the molecule is CCc1ccc(C2CC(=O)Nc3c(S(=O)(=O)c4ccc(Cl)cc4)csc32)cc1. The number of hydrogen-bond donors (Lipinski definition) is 1. The van der Waals surface area contributed by atoms with Crippen LogP contribution in [0.15, 0.2) is 63.7 Å². The van der Waals surface area contributed by atoms with E-state index in [1.54, 1.807) is 17.5 Å². The maximum absolute atomic E-state index is 13.1. The van der Waals surface area contributed by atoms with E-state index in [9.17, 15) is 13.2 Å². The quantitative estimate of drug-likeness (QED) is 0.611. The van der Waals surface area contributed by atoms with Crippen LogP contribution in [0.3, 0.4) is 0 Å². The van der Waals surface area contributed by atoms with E-state index in [0.29, 0.717) is 17.1 Å². The number of thiophene rings is 1. The Bertz CT molecular complexity index is 1130. The van der Waals surface area contributed by atoms with Crippen LogP contribution in [0.5, 0.6) is 0 Å². The molecule has 4 nitrogen and oxygen atoms in total. The summed E-state index contributed by atoms with van der Waals surface area (Å²) in [5, 5.41) is 4.87. The van der Waals surface area contributed by atoms with Crippen molar-refractivity contribution in [3.05, 3.63) is 74.9 Å². The summed E-state index contributed by atoms with van der Waals surface area (Å²) in [6.07, 6.45) is 1.25. The van der Waals surface area contributed by atoms with E-state index in [0.717, 1.165) is 16.9 Å². The molecule has 1 N–H and O–H groups in total. The fourth-order valence-corrected chi connectivity index (χ4v) is 6.43. The van der Waals surface area contributed by atoms with Gasteiger partial charge in [-0.25, -0.2) is 8.42 Å². The number of amides is 1. The van der Waals surface area contributed by atoms with Crippen molar-refractivity contribution >= 4 is 44.4 Å². The molecule has 0 fully saturated rings. The number of sulfone groups is 1. The minimum absolute atomic E-state index is 0.137. The van der Waals surface area contributed by atoms with Gasteiger partial charge in [0.25, 0.3) is 0 Å². The standard InChI is InChI=1S/C21H18ClNO3S2/c1-2-13-3-5-14(6-4-13)17-11-19(24)23-20-18(12-27-21(17)20)28(25,26)16-9-7-15(22)8-10-16/h3-10,12,17H,2,11H2,1H3,(H,23,24). The Labute approximate surface area is 173 Å². The Morgan fingerprint density at radius 3 is 2.43 bits per heavy atom. The Hall–Kier alpha value is -2.15. The van der Waals surface area contributed by atoms with Gasteiger partial charge in [0.1, 0.15) is 4.90 Å². The summed E-state index contributed by atoms with van der Waals surface area (Å²) in [4.78, 5) is 13.5. The number of nitrogens with one attached hydrogen (secondary N) is 1. The first-order valence-electron chi connectivity index (χ1n) is 8.91. The van der Waals surface area contributed by atoms with E-state index in [1.165, 1.54) is 29.0 Å². The largest absolute Gasteiger partial charge is 0.324 e. The van der Waals surface area contributed by atoms with Crippen molar-refractivity contribution in [1.29, 1.82) is 0 Å². The van der Waals surface area contributed by atoms with Crippen LogP contribution in [0.4, 0.5) is 5.69 Å². The summed E-state index contributed by atoms with van der Waals surface area (Å²) in [5.41, 5.74) is 2.65. The Balaban J connectivity index is 1.79. The highest BCUT2D eigenvalue weighted by Gasteiger charge is 2.34. The second-order valence-corrected chi connectivity index (χ2v) is 9.96. The molecule has 3 aromatic rings. The van der Waals surface area contributed by atoms with Gasteiger partial charge in [0.2, 0.25) is 15.7 Å². The van der Waals surface area contributed by atoms with Crippen LogP contribution in [0.1, 0.15) is 35.3 Å². The first-order valence-corrected chi connectivity index (χ1v) is 11.6. The van der Waals surface area contributed by atoms with Crippen LogP contribution in [-0.2, 0) is 21.1 Å². The van der Waals surface area contributed by atoms with E-state index in [4.69, 9.17) is 11.6 Å². The summed E-state index contributed by atoms with van der Waals surface area (Å²) in [6, 6.07) is 14.2. The van der Waals surface area contributed by atoms with E-state index >= 15 is 0 Å². The Morgan fingerprint density at radius 2 is 1.79 bits per heavy atom. The number of fused-ring (bicyclic) bond motifs is 1. The summed E-state index contributed by atoms with van der Waals surface area (Å²) in [6.45, 7) is 2.09. The van der Waals surface area contributed by atoms with E-state index in [-0.39, 0.29) is 21.6 Å². The molecule has 0 spiro atoms. The molecule has 0 bridgehead atoms. The molecule has 2 heterocycles. The third-order valence-corrected chi connectivity index (χ3v) is 8.25. The van der Waals surface area contributed by atoms with Gasteiger partial charge < -0.3 is 5.32 Å². The van der Waals surface area contributed by atoms with Crippen molar-refractivity contribution in [2.45, 2.75) is 35.5 Å². The number of hydrogen-bond acceptors (Lipinski definition) is 4. The number of anilines is 1. The number of rotatable bonds is 4. The van der Waals surface area contributed by atoms with E-state index in [1.807, 2.05) is 12.1 Å². The van der Waals surface area contributed by atoms with Gasteiger partial charge >= 0.3 is 0 Å². The van der Waals surface area contributed by atoms with Gasteiger partial charge in [0.15, 0.2) is 0 Å². The van der Waals surface area contributed by atoms with Crippen LogP contribution in [0.25, 0.3) is 0 Å². The molecule has 7 heteroatoms. The zero-order valence-electron chi connectivity index (χ0n) is 15.1. The number of carbonyl (C=O) groups excluding carboxylic acids is 1. The van der Waals surface area contributed by atoms with Gasteiger partial charge in [-0.15, -0.1) is 11.3 Å². The predicted molar refractivity (Wildman–Crippen MR) is 112 cm³/mol. The molecular formula is C21H18ClNO3S2. The number of benzene rings is 2. The lowest BCUT2D eigenvalue weighted by atomic mass is 9.90. The smallest absolute Gasteiger partial charge is 0.225 e. The molecule has 1 atom stereocenters. The second kappa shape index (κ2) is 7.35. The lowest BCUT2D eigenvalue weighted by molar-refractivity contribution is -0.116. The van der Waals surface area contributed by atoms with Crippen LogP contribution in [0, 0.1) is 0 Å². The molecule has 0 saturated carbocycles. The predicted octanol–water partition coefficient (Wildman–Crippen LogP) is 5.27. The van der Waals surface area contributed by atoms with Crippen molar-refractivity contribution in [1.82, 2.24) is 0 Å². The fraction of sp³-hybridized carbons (Fsp3) is 0.190. The summed E-state index contributed by atoms with van der Waals surface area (Å²) >= 11 is 7.25. The number of aryl methyl sites for hydroxylation is 1. The van der Waals surface area contributed by atoms with Crippen LogP contribution >= 0.6 is 22.9 Å². The van der Waals surface area contributed by atoms with Gasteiger partial charge in [-0.3, -0.25) is 4.79 Å². The molecule has 0 aliphatic carbocycles. The minimum atomic E-state index is -3.76. The van der Waals surface area contributed by atoms with Crippen LogP contribution < -0.4 is 5.32 Å². The second-order valence-electron chi connectivity index (χ2n) is 6.70. The van der Waals surface area contributed by atoms with Gasteiger partial charge in [-0.05, 0) is 41.8 Å². The lowest BCUT2D eigenvalue weighted by Crippen LogP contribution is -2.23. The lowest BCUT2D eigenvalue weighted by Gasteiger charge is -2.24. The number of carbonyl (C=O) groups is 1. The molecule has 2 aromatic carbocycles. The minimum Gasteiger partial charge on any atom is -0.324 e. The first-order chi connectivity index (χ1) is 13.4. The van der Waals surface area contributed by atoms with Crippen LogP contribution in [-0.4, -0.2) is 14.3 Å². The van der Waals surface area contributed by atoms with E-state index in [2.05, 4.69) is 24.4 Å². The van der Waals surface area contributed by atoms with Gasteiger partial charge in [-0.1, -0.05) is 42.8 Å². The Kier molecular flexibility index (Phi) is 5.04. The highest BCUT2D eigenvalue weighted by Crippen LogP contribution is 2.45. The summed E-state index contributed by atoms with van der Waals surface area (Å²) in [5.74, 6) is -0.322. The zero-order chi connectivity index (χ0) is 19.9. The molecule has 1 unspecified atom stereocenters. The van der Waals surface area contributed by atoms with Gasteiger partial charge in [-0.2, -0.15) is 0 Å². The summed E-state index contributed by atoms with van der Waals surface area (Å²) < 4.78 is 26.2. The average molecular weight is 432 g/mol.